The molecule has 0 bridgehead atoms. The van der Waals surface area contributed by atoms with E-state index in [0.29, 0.717) is 27.2 Å². The van der Waals surface area contributed by atoms with Crippen molar-refractivity contribution in [3.05, 3.63) is 14.7 Å². The van der Waals surface area contributed by atoms with Crippen molar-refractivity contribution < 1.29 is 8.42 Å². The van der Waals surface area contributed by atoms with Gasteiger partial charge in [-0.25, -0.2) is 13.1 Å². The predicted octanol–water partition coefficient (Wildman–Crippen LogP) is 3.48. The van der Waals surface area contributed by atoms with Crippen LogP contribution >= 0.6 is 27.3 Å². The highest BCUT2D eigenvalue weighted by molar-refractivity contribution is 9.11. The molecule has 1 aliphatic rings. The first-order valence-electron chi connectivity index (χ1n) is 7.32. The highest BCUT2D eigenvalue weighted by Gasteiger charge is 2.27. The minimum atomic E-state index is -3.44. The Morgan fingerprint density at radius 2 is 2.05 bits per heavy atom. The van der Waals surface area contributed by atoms with Crippen LogP contribution in [0.1, 0.15) is 44.9 Å². The van der Waals surface area contributed by atoms with Gasteiger partial charge in [0.1, 0.15) is 4.90 Å². The van der Waals surface area contributed by atoms with Gasteiger partial charge in [-0.15, -0.1) is 11.3 Å². The zero-order valence-corrected chi connectivity index (χ0v) is 15.9. The zero-order chi connectivity index (χ0) is 15.6. The second-order valence-electron chi connectivity index (χ2n) is 6.09. The molecule has 0 radical (unpaired) electrons. The summed E-state index contributed by atoms with van der Waals surface area (Å²) in [6.45, 7) is 6.77. The van der Waals surface area contributed by atoms with E-state index >= 15 is 0 Å². The molecule has 21 heavy (non-hydrogen) atoms. The van der Waals surface area contributed by atoms with Gasteiger partial charge >= 0.3 is 0 Å². The standard InChI is InChI=1S/C14H23BrN2O2S2/c1-9(2)16-8-12-7-13(14(15)20-12)21(18,19)17-10(3)6-11-4-5-11/h7,9-11,16-17H,4-6,8H2,1-3H3. The molecule has 1 atom stereocenters. The summed E-state index contributed by atoms with van der Waals surface area (Å²) >= 11 is 4.86. The first-order valence-corrected chi connectivity index (χ1v) is 10.4. The highest BCUT2D eigenvalue weighted by atomic mass is 79.9. The summed E-state index contributed by atoms with van der Waals surface area (Å²) in [5, 5.41) is 3.30. The Morgan fingerprint density at radius 3 is 2.62 bits per heavy atom. The molecule has 1 fully saturated rings. The molecule has 4 nitrogen and oxygen atoms in total. The second kappa shape index (κ2) is 7.08. The van der Waals surface area contributed by atoms with Crippen LogP contribution in [0.25, 0.3) is 0 Å². The van der Waals surface area contributed by atoms with Crippen LogP contribution in [-0.2, 0) is 16.6 Å². The van der Waals surface area contributed by atoms with E-state index in [1.165, 1.54) is 24.2 Å². The van der Waals surface area contributed by atoms with Gasteiger partial charge in [0, 0.05) is 23.5 Å². The Bertz CT molecular complexity index is 580. The molecule has 120 valence electrons. The van der Waals surface area contributed by atoms with E-state index in [4.69, 9.17) is 0 Å². The Kier molecular flexibility index (Phi) is 5.87. The monoisotopic (exact) mass is 394 g/mol. The molecule has 0 aromatic carbocycles. The molecule has 1 unspecified atom stereocenters. The van der Waals surface area contributed by atoms with Crippen LogP contribution in [0.2, 0.25) is 0 Å². The van der Waals surface area contributed by atoms with Gasteiger partial charge in [0.2, 0.25) is 10.0 Å². The summed E-state index contributed by atoms with van der Waals surface area (Å²) in [4.78, 5) is 1.38. The minimum absolute atomic E-state index is 0.00783. The van der Waals surface area contributed by atoms with Crippen molar-refractivity contribution >= 4 is 37.3 Å². The van der Waals surface area contributed by atoms with Gasteiger partial charge in [0.25, 0.3) is 0 Å². The van der Waals surface area contributed by atoms with Crippen LogP contribution in [0.3, 0.4) is 0 Å². The molecule has 1 aromatic heterocycles. The van der Waals surface area contributed by atoms with Gasteiger partial charge in [0.05, 0.1) is 3.79 Å². The van der Waals surface area contributed by atoms with Gasteiger partial charge in [-0.2, -0.15) is 0 Å². The number of sulfonamides is 1. The van der Waals surface area contributed by atoms with Crippen molar-refractivity contribution in [2.75, 3.05) is 0 Å². The van der Waals surface area contributed by atoms with Crippen LogP contribution in [0.15, 0.2) is 14.7 Å². The average molecular weight is 395 g/mol. The molecule has 1 heterocycles. The van der Waals surface area contributed by atoms with Crippen LogP contribution in [0.4, 0.5) is 0 Å². The van der Waals surface area contributed by atoms with E-state index in [1.54, 1.807) is 6.07 Å². The number of hydrogen-bond acceptors (Lipinski definition) is 4. The molecule has 1 aromatic rings. The molecule has 2 rings (SSSR count). The largest absolute Gasteiger partial charge is 0.310 e. The fourth-order valence-corrected chi connectivity index (χ4v) is 6.09. The maximum absolute atomic E-state index is 12.5. The summed E-state index contributed by atoms with van der Waals surface area (Å²) in [6.07, 6.45) is 3.40. The summed E-state index contributed by atoms with van der Waals surface area (Å²) in [7, 11) is -3.44. The summed E-state index contributed by atoms with van der Waals surface area (Å²) in [6, 6.07) is 2.13. The van der Waals surface area contributed by atoms with Gasteiger partial charge in [-0.1, -0.05) is 26.7 Å². The first-order chi connectivity index (χ1) is 9.78. The van der Waals surface area contributed by atoms with E-state index < -0.39 is 10.0 Å². The van der Waals surface area contributed by atoms with Crippen LogP contribution in [0, 0.1) is 5.92 Å². The molecule has 2 N–H and O–H groups in total. The summed E-state index contributed by atoms with van der Waals surface area (Å²) in [5.74, 6) is 0.708. The quantitative estimate of drug-likeness (QED) is 0.709. The number of nitrogens with one attached hydrogen (secondary N) is 2. The van der Waals surface area contributed by atoms with E-state index in [2.05, 4.69) is 39.8 Å². The smallest absolute Gasteiger partial charge is 0.242 e. The molecule has 1 aliphatic carbocycles. The fourth-order valence-electron chi connectivity index (χ4n) is 2.20. The lowest BCUT2D eigenvalue weighted by molar-refractivity contribution is 0.530. The average Bonchev–Trinajstić information content (AvgIpc) is 3.06. The summed E-state index contributed by atoms with van der Waals surface area (Å²) in [5.41, 5.74) is 0. The van der Waals surface area contributed by atoms with Gasteiger partial charge in [0.15, 0.2) is 0 Å². The zero-order valence-electron chi connectivity index (χ0n) is 12.6. The number of halogens is 1. The molecular formula is C14H23BrN2O2S2. The first kappa shape index (κ1) is 17.4. The van der Waals surface area contributed by atoms with E-state index in [-0.39, 0.29) is 6.04 Å². The predicted molar refractivity (Wildman–Crippen MR) is 91.1 cm³/mol. The lowest BCUT2D eigenvalue weighted by atomic mass is 10.2. The van der Waals surface area contributed by atoms with Crippen molar-refractivity contribution in [2.45, 2.75) is 63.6 Å². The van der Waals surface area contributed by atoms with Crippen LogP contribution in [0.5, 0.6) is 0 Å². The van der Waals surface area contributed by atoms with E-state index in [1.807, 2.05) is 6.92 Å². The molecule has 0 saturated heterocycles. The summed E-state index contributed by atoms with van der Waals surface area (Å²) < 4.78 is 28.4. The highest BCUT2D eigenvalue weighted by Crippen LogP contribution is 2.35. The topological polar surface area (TPSA) is 58.2 Å². The van der Waals surface area contributed by atoms with Gasteiger partial charge in [-0.3, -0.25) is 0 Å². The maximum atomic E-state index is 12.5. The Labute approximate surface area is 139 Å². The fraction of sp³-hybridized carbons (Fsp3) is 0.714. The Balaban J connectivity index is 2.04. The second-order valence-corrected chi connectivity index (χ2v) is 10.2. The minimum Gasteiger partial charge on any atom is -0.310 e. The molecule has 7 heteroatoms. The van der Waals surface area contributed by atoms with Crippen molar-refractivity contribution in [3.8, 4) is 0 Å². The van der Waals surface area contributed by atoms with Gasteiger partial charge in [-0.05, 0) is 41.3 Å². The number of thiophene rings is 1. The van der Waals surface area contributed by atoms with Crippen LogP contribution < -0.4 is 10.0 Å². The third-order valence-electron chi connectivity index (χ3n) is 3.42. The SMILES string of the molecule is CC(C)NCc1cc(S(=O)(=O)NC(C)CC2CC2)c(Br)s1. The maximum Gasteiger partial charge on any atom is 0.242 e. The molecule has 1 saturated carbocycles. The van der Waals surface area contributed by atoms with Crippen molar-refractivity contribution in [2.24, 2.45) is 5.92 Å². The Morgan fingerprint density at radius 1 is 1.38 bits per heavy atom. The normalized spacial score (nSPS) is 17.4. The number of hydrogen-bond donors (Lipinski definition) is 2. The van der Waals surface area contributed by atoms with E-state index in [0.717, 1.165) is 11.3 Å². The molecule has 0 amide bonds. The molecule has 0 spiro atoms. The lowest BCUT2D eigenvalue weighted by Crippen LogP contribution is -2.32. The Hall–Kier alpha value is 0.0500. The van der Waals surface area contributed by atoms with Crippen molar-refractivity contribution in [3.63, 3.8) is 0 Å². The number of rotatable bonds is 8. The van der Waals surface area contributed by atoms with Crippen LogP contribution in [-0.4, -0.2) is 20.5 Å². The van der Waals surface area contributed by atoms with Crippen molar-refractivity contribution in [1.82, 2.24) is 10.0 Å². The lowest BCUT2D eigenvalue weighted by Gasteiger charge is -2.13. The third kappa shape index (κ3) is 5.32. The third-order valence-corrected chi connectivity index (χ3v) is 7.26. The molecular weight excluding hydrogens is 372 g/mol. The molecule has 0 aliphatic heterocycles. The van der Waals surface area contributed by atoms with Gasteiger partial charge < -0.3 is 5.32 Å². The van der Waals surface area contributed by atoms with Crippen molar-refractivity contribution in [1.29, 1.82) is 0 Å². The van der Waals surface area contributed by atoms with E-state index in [9.17, 15) is 8.42 Å².